The Balaban J connectivity index is 1.38. The number of nitriles is 1. The number of carbonyl (C=O) groups is 2. The summed E-state index contributed by atoms with van der Waals surface area (Å²) in [4.78, 5) is 32.0. The summed E-state index contributed by atoms with van der Waals surface area (Å²) in [5, 5.41) is 21.6. The molecule has 12 nitrogen and oxygen atoms in total. The van der Waals surface area contributed by atoms with Gasteiger partial charge >= 0.3 is 0 Å². The Morgan fingerprint density at radius 1 is 0.867 bits per heavy atom. The van der Waals surface area contributed by atoms with Crippen molar-refractivity contribution in [2.24, 2.45) is 0 Å². The number of ether oxygens (including phenoxy) is 1. The molecule has 0 unspecified atom stereocenters. The standard InChI is InChI=1S/C32H31N7O5S/c1-34-31(40)23-7-3-6-10-26(23)38-32(41)24-8-4-5-9-25(24)36-28-18-30(35-20-21(28)19-33)37-27-12-11-22(17-29(27)44-2)39-13-15-45(42,43)16-14-39/h3-12,17-18,20H,13-16H2,1-2H3,(H,34,40)(H,38,41)(H2,35,36,37). The molecule has 0 aliphatic carbocycles. The van der Waals surface area contributed by atoms with Crippen LogP contribution in [0.3, 0.4) is 0 Å². The molecule has 0 saturated carbocycles. The molecule has 0 spiro atoms. The summed E-state index contributed by atoms with van der Waals surface area (Å²) in [5.74, 6) is 0.370. The summed E-state index contributed by atoms with van der Waals surface area (Å²) in [6, 6.07) is 22.8. The second kappa shape index (κ2) is 13.4. The van der Waals surface area contributed by atoms with Crippen LogP contribution in [0.2, 0.25) is 0 Å². The molecule has 0 atom stereocenters. The van der Waals surface area contributed by atoms with Gasteiger partial charge in [0.25, 0.3) is 11.8 Å². The Kier molecular flexibility index (Phi) is 9.15. The van der Waals surface area contributed by atoms with Crippen molar-refractivity contribution in [3.8, 4) is 11.8 Å². The Morgan fingerprint density at radius 2 is 1.53 bits per heavy atom. The molecule has 2 amide bonds. The zero-order chi connectivity index (χ0) is 32.0. The van der Waals surface area contributed by atoms with Crippen LogP contribution in [0.5, 0.6) is 5.75 Å². The smallest absolute Gasteiger partial charge is 0.257 e. The number of sulfone groups is 1. The molecule has 1 saturated heterocycles. The Bertz CT molecular complexity index is 1890. The molecule has 1 aliphatic heterocycles. The molecule has 0 radical (unpaired) electrons. The van der Waals surface area contributed by atoms with E-state index in [2.05, 4.69) is 32.3 Å². The molecule has 0 bridgehead atoms. The molecule has 1 aromatic heterocycles. The van der Waals surface area contributed by atoms with E-state index in [1.165, 1.54) is 13.2 Å². The van der Waals surface area contributed by atoms with Crippen LogP contribution in [0.25, 0.3) is 0 Å². The van der Waals surface area contributed by atoms with Crippen molar-refractivity contribution in [1.82, 2.24) is 10.3 Å². The molecule has 45 heavy (non-hydrogen) atoms. The lowest BCUT2D eigenvalue weighted by Crippen LogP contribution is -2.40. The summed E-state index contributed by atoms with van der Waals surface area (Å²) in [7, 11) is 0.0485. The zero-order valence-corrected chi connectivity index (χ0v) is 25.4. The Morgan fingerprint density at radius 3 is 2.20 bits per heavy atom. The minimum Gasteiger partial charge on any atom is -0.494 e. The van der Waals surface area contributed by atoms with Gasteiger partial charge in [-0.15, -0.1) is 0 Å². The fraction of sp³-hybridized carbons (Fsp3) is 0.188. The van der Waals surface area contributed by atoms with Crippen molar-refractivity contribution in [1.29, 1.82) is 5.26 Å². The number of aromatic nitrogens is 1. The maximum atomic E-state index is 13.4. The van der Waals surface area contributed by atoms with E-state index in [-0.39, 0.29) is 23.0 Å². The molecule has 4 N–H and O–H groups in total. The van der Waals surface area contributed by atoms with Gasteiger partial charge in [-0.05, 0) is 36.4 Å². The monoisotopic (exact) mass is 625 g/mol. The third-order valence-corrected chi connectivity index (χ3v) is 8.88. The summed E-state index contributed by atoms with van der Waals surface area (Å²) >= 11 is 0. The lowest BCUT2D eigenvalue weighted by Gasteiger charge is -2.29. The predicted molar refractivity (Wildman–Crippen MR) is 174 cm³/mol. The molecule has 2 heterocycles. The molecule has 3 aromatic carbocycles. The first-order valence-corrected chi connectivity index (χ1v) is 15.8. The van der Waals surface area contributed by atoms with E-state index in [4.69, 9.17) is 4.74 Å². The highest BCUT2D eigenvalue weighted by Gasteiger charge is 2.23. The highest BCUT2D eigenvalue weighted by Crippen LogP contribution is 2.34. The van der Waals surface area contributed by atoms with Gasteiger partial charge in [0.15, 0.2) is 9.84 Å². The first-order valence-electron chi connectivity index (χ1n) is 14.0. The van der Waals surface area contributed by atoms with E-state index in [0.29, 0.717) is 58.5 Å². The number of hydrogen-bond donors (Lipinski definition) is 4. The van der Waals surface area contributed by atoms with Gasteiger partial charge in [0.05, 0.1) is 58.1 Å². The number of pyridine rings is 1. The van der Waals surface area contributed by atoms with Gasteiger partial charge in [-0.2, -0.15) is 5.26 Å². The normalized spacial score (nSPS) is 13.7. The first kappa shape index (κ1) is 30.8. The van der Waals surface area contributed by atoms with E-state index in [1.54, 1.807) is 61.7 Å². The number of anilines is 6. The van der Waals surface area contributed by atoms with Crippen molar-refractivity contribution >= 4 is 55.9 Å². The summed E-state index contributed by atoms with van der Waals surface area (Å²) in [5.41, 5.74) is 3.53. The lowest BCUT2D eigenvalue weighted by atomic mass is 10.1. The molecular weight excluding hydrogens is 594 g/mol. The number of rotatable bonds is 9. The number of carbonyl (C=O) groups excluding carboxylic acids is 2. The van der Waals surface area contributed by atoms with Crippen LogP contribution in [-0.2, 0) is 9.84 Å². The van der Waals surface area contributed by atoms with Gasteiger partial charge in [0.1, 0.15) is 17.6 Å². The maximum absolute atomic E-state index is 13.4. The van der Waals surface area contributed by atoms with Crippen LogP contribution < -0.4 is 30.9 Å². The molecule has 1 fully saturated rings. The van der Waals surface area contributed by atoms with Gasteiger partial charge < -0.3 is 30.9 Å². The highest BCUT2D eigenvalue weighted by molar-refractivity contribution is 7.91. The van der Waals surface area contributed by atoms with Crippen LogP contribution in [0, 0.1) is 11.3 Å². The molecular formula is C32H31N7O5S. The molecule has 4 aromatic rings. The van der Waals surface area contributed by atoms with E-state index in [0.717, 1.165) is 5.69 Å². The number of amides is 2. The van der Waals surface area contributed by atoms with Gasteiger partial charge in [-0.25, -0.2) is 13.4 Å². The number of para-hydroxylation sites is 2. The quantitative estimate of drug-likeness (QED) is 0.211. The third-order valence-electron chi connectivity index (χ3n) is 7.27. The van der Waals surface area contributed by atoms with Crippen molar-refractivity contribution in [3.05, 3.63) is 95.7 Å². The van der Waals surface area contributed by atoms with Crippen molar-refractivity contribution in [2.45, 2.75) is 0 Å². The fourth-order valence-electron chi connectivity index (χ4n) is 4.85. The van der Waals surface area contributed by atoms with Crippen LogP contribution in [-0.4, -0.2) is 64.0 Å². The van der Waals surface area contributed by atoms with Gasteiger partial charge in [0, 0.05) is 44.2 Å². The summed E-state index contributed by atoms with van der Waals surface area (Å²) < 4.78 is 29.3. The number of nitrogens with one attached hydrogen (secondary N) is 4. The average molecular weight is 626 g/mol. The van der Waals surface area contributed by atoms with E-state index < -0.39 is 15.7 Å². The molecule has 230 valence electrons. The first-order chi connectivity index (χ1) is 21.7. The van der Waals surface area contributed by atoms with Crippen LogP contribution >= 0.6 is 0 Å². The van der Waals surface area contributed by atoms with Crippen molar-refractivity contribution < 1.29 is 22.7 Å². The lowest BCUT2D eigenvalue weighted by molar-refractivity contribution is 0.0964. The van der Waals surface area contributed by atoms with E-state index >= 15 is 0 Å². The minimum atomic E-state index is -3.01. The fourth-order valence-corrected chi connectivity index (χ4v) is 6.06. The number of hydrogen-bond acceptors (Lipinski definition) is 10. The SMILES string of the molecule is CNC(=O)c1ccccc1NC(=O)c1ccccc1Nc1cc(Nc2ccc(N3CCS(=O)(=O)CC3)cc2OC)ncc1C#N. The average Bonchev–Trinajstić information content (AvgIpc) is 3.05. The van der Waals surface area contributed by atoms with E-state index in [1.807, 2.05) is 23.1 Å². The summed E-state index contributed by atoms with van der Waals surface area (Å²) in [6.45, 7) is 0.815. The van der Waals surface area contributed by atoms with Gasteiger partial charge in [-0.3, -0.25) is 9.59 Å². The molecule has 5 rings (SSSR count). The second-order valence-corrected chi connectivity index (χ2v) is 12.4. The van der Waals surface area contributed by atoms with Crippen molar-refractivity contribution in [2.75, 3.05) is 59.6 Å². The predicted octanol–water partition coefficient (Wildman–Crippen LogP) is 4.30. The largest absolute Gasteiger partial charge is 0.494 e. The maximum Gasteiger partial charge on any atom is 0.257 e. The Labute approximate surface area is 261 Å². The zero-order valence-electron chi connectivity index (χ0n) is 24.6. The number of methoxy groups -OCH3 is 1. The number of benzene rings is 3. The highest BCUT2D eigenvalue weighted by atomic mass is 32.2. The van der Waals surface area contributed by atoms with Crippen LogP contribution in [0.15, 0.2) is 79.0 Å². The third kappa shape index (κ3) is 7.14. The van der Waals surface area contributed by atoms with Crippen molar-refractivity contribution in [3.63, 3.8) is 0 Å². The minimum absolute atomic E-state index is 0.106. The van der Waals surface area contributed by atoms with Crippen LogP contribution in [0.1, 0.15) is 26.3 Å². The van der Waals surface area contributed by atoms with Gasteiger partial charge in [0.2, 0.25) is 0 Å². The topological polar surface area (TPSA) is 166 Å². The van der Waals surface area contributed by atoms with Crippen LogP contribution in [0.4, 0.5) is 34.3 Å². The summed E-state index contributed by atoms with van der Waals surface area (Å²) in [6.07, 6.45) is 1.42. The van der Waals surface area contributed by atoms with Gasteiger partial charge in [-0.1, -0.05) is 24.3 Å². The molecule has 1 aliphatic rings. The second-order valence-electron chi connectivity index (χ2n) is 10.1. The number of nitrogens with zero attached hydrogens (tertiary/aromatic N) is 3. The molecule has 13 heteroatoms. The van der Waals surface area contributed by atoms with E-state index in [9.17, 15) is 23.3 Å². The Hall–Kier alpha value is -5.61.